The van der Waals surface area contributed by atoms with Crippen molar-refractivity contribution in [3.8, 4) is 5.75 Å². The number of nitrogen functional groups attached to an aromatic ring is 1. The van der Waals surface area contributed by atoms with Crippen LogP contribution >= 0.6 is 0 Å². The van der Waals surface area contributed by atoms with E-state index in [4.69, 9.17) is 16.2 Å². The maximum atomic E-state index is 11.5. The number of amides is 3. The third-order valence-corrected chi connectivity index (χ3v) is 2.24. The SMILES string of the molecule is NC(=O)C(=O)N1C(=O)COc2ccc(N)cc21. The molecule has 3 amide bonds. The Kier molecular flexibility index (Phi) is 2.43. The zero-order valence-electron chi connectivity index (χ0n) is 8.67. The van der Waals surface area contributed by atoms with Crippen LogP contribution in [0.15, 0.2) is 18.2 Å². The van der Waals surface area contributed by atoms with Crippen LogP contribution in [0.25, 0.3) is 0 Å². The van der Waals surface area contributed by atoms with E-state index < -0.39 is 17.7 Å². The molecular formula is C10H9N3O4. The van der Waals surface area contributed by atoms with Gasteiger partial charge in [-0.05, 0) is 18.2 Å². The van der Waals surface area contributed by atoms with Crippen LogP contribution < -0.4 is 21.1 Å². The molecule has 2 rings (SSSR count). The molecule has 0 aromatic heterocycles. The molecule has 0 radical (unpaired) electrons. The second kappa shape index (κ2) is 3.78. The molecule has 1 aromatic carbocycles. The molecular weight excluding hydrogens is 226 g/mol. The van der Waals surface area contributed by atoms with Crippen molar-refractivity contribution in [2.75, 3.05) is 17.2 Å². The standard InChI is InChI=1S/C10H9N3O4/c11-5-1-2-7-6(3-5)13(8(14)4-17-7)10(16)9(12)15/h1-3H,4,11H2,(H2,12,15). The maximum Gasteiger partial charge on any atom is 0.323 e. The number of nitrogens with zero attached hydrogens (tertiary/aromatic N) is 1. The van der Waals surface area contributed by atoms with Gasteiger partial charge in [0.05, 0.1) is 5.69 Å². The smallest absolute Gasteiger partial charge is 0.323 e. The largest absolute Gasteiger partial charge is 0.482 e. The highest BCUT2D eigenvalue weighted by molar-refractivity contribution is 6.45. The van der Waals surface area contributed by atoms with Crippen LogP contribution in [0.4, 0.5) is 11.4 Å². The minimum atomic E-state index is -1.21. The number of primary amides is 1. The van der Waals surface area contributed by atoms with Crippen molar-refractivity contribution >= 4 is 29.1 Å². The third kappa shape index (κ3) is 1.78. The van der Waals surface area contributed by atoms with Gasteiger partial charge in [-0.25, -0.2) is 4.90 Å². The van der Waals surface area contributed by atoms with Crippen molar-refractivity contribution in [1.82, 2.24) is 0 Å². The van der Waals surface area contributed by atoms with Crippen molar-refractivity contribution in [3.05, 3.63) is 18.2 Å². The second-order valence-electron chi connectivity index (χ2n) is 3.41. The molecule has 1 aromatic rings. The van der Waals surface area contributed by atoms with Crippen molar-refractivity contribution in [2.24, 2.45) is 5.73 Å². The highest BCUT2D eigenvalue weighted by atomic mass is 16.5. The van der Waals surface area contributed by atoms with Gasteiger partial charge in [-0.2, -0.15) is 0 Å². The molecule has 0 aliphatic carbocycles. The van der Waals surface area contributed by atoms with Crippen LogP contribution in [0.3, 0.4) is 0 Å². The summed E-state index contributed by atoms with van der Waals surface area (Å²) >= 11 is 0. The lowest BCUT2D eigenvalue weighted by Gasteiger charge is -2.26. The summed E-state index contributed by atoms with van der Waals surface area (Å²) in [6.07, 6.45) is 0. The molecule has 0 bridgehead atoms. The predicted molar refractivity (Wildman–Crippen MR) is 58.0 cm³/mol. The number of benzene rings is 1. The average molecular weight is 235 g/mol. The molecule has 0 unspecified atom stereocenters. The summed E-state index contributed by atoms with van der Waals surface area (Å²) in [7, 11) is 0. The fourth-order valence-electron chi connectivity index (χ4n) is 1.50. The molecule has 7 heteroatoms. The predicted octanol–water partition coefficient (Wildman–Crippen LogP) is -0.994. The Bertz CT molecular complexity index is 526. The fourth-order valence-corrected chi connectivity index (χ4v) is 1.50. The molecule has 1 heterocycles. The number of carbonyl (C=O) groups is 3. The van der Waals surface area contributed by atoms with Gasteiger partial charge < -0.3 is 16.2 Å². The minimum absolute atomic E-state index is 0.130. The van der Waals surface area contributed by atoms with Gasteiger partial charge in [0.2, 0.25) is 0 Å². The van der Waals surface area contributed by atoms with Gasteiger partial charge >= 0.3 is 11.8 Å². The molecule has 0 spiro atoms. The zero-order chi connectivity index (χ0) is 12.6. The number of hydrogen-bond donors (Lipinski definition) is 2. The Balaban J connectivity index is 2.53. The summed E-state index contributed by atoms with van der Waals surface area (Å²) in [5.41, 5.74) is 10.9. The van der Waals surface area contributed by atoms with Gasteiger partial charge in [-0.15, -0.1) is 0 Å². The quantitative estimate of drug-likeness (QED) is 0.442. The van der Waals surface area contributed by atoms with E-state index in [-0.39, 0.29) is 12.3 Å². The van der Waals surface area contributed by atoms with E-state index in [1.807, 2.05) is 0 Å². The van der Waals surface area contributed by atoms with E-state index in [2.05, 4.69) is 0 Å². The first-order valence-electron chi connectivity index (χ1n) is 4.69. The minimum Gasteiger partial charge on any atom is -0.482 e. The van der Waals surface area contributed by atoms with E-state index >= 15 is 0 Å². The van der Waals surface area contributed by atoms with Crippen molar-refractivity contribution in [1.29, 1.82) is 0 Å². The number of nitrogens with two attached hydrogens (primary N) is 2. The van der Waals surface area contributed by atoms with Gasteiger partial charge in [0, 0.05) is 5.69 Å². The number of rotatable bonds is 0. The Morgan fingerprint density at radius 2 is 2.06 bits per heavy atom. The molecule has 1 aliphatic heterocycles. The van der Waals surface area contributed by atoms with Crippen LogP contribution in [0.2, 0.25) is 0 Å². The van der Waals surface area contributed by atoms with Crippen molar-refractivity contribution in [3.63, 3.8) is 0 Å². The summed E-state index contributed by atoms with van der Waals surface area (Å²) in [5.74, 6) is -2.68. The van der Waals surface area contributed by atoms with Crippen LogP contribution in [0.1, 0.15) is 0 Å². The molecule has 1 aliphatic rings. The third-order valence-electron chi connectivity index (χ3n) is 2.24. The topological polar surface area (TPSA) is 116 Å². The molecule has 17 heavy (non-hydrogen) atoms. The summed E-state index contributed by atoms with van der Waals surface area (Å²) in [6, 6.07) is 4.44. The number of fused-ring (bicyclic) bond motifs is 1. The summed E-state index contributed by atoms with van der Waals surface area (Å²) < 4.78 is 5.10. The van der Waals surface area contributed by atoms with Crippen molar-refractivity contribution < 1.29 is 19.1 Å². The molecule has 4 N–H and O–H groups in total. The van der Waals surface area contributed by atoms with Crippen LogP contribution in [0, 0.1) is 0 Å². The lowest BCUT2D eigenvalue weighted by molar-refractivity contribution is -0.138. The summed E-state index contributed by atoms with van der Waals surface area (Å²) in [6.45, 7) is -0.323. The van der Waals surface area contributed by atoms with E-state index in [9.17, 15) is 14.4 Å². The Labute approximate surface area is 95.9 Å². The first-order chi connectivity index (χ1) is 8.00. The van der Waals surface area contributed by atoms with E-state index in [0.29, 0.717) is 16.3 Å². The van der Waals surface area contributed by atoms with Gasteiger partial charge in [-0.3, -0.25) is 14.4 Å². The van der Waals surface area contributed by atoms with Gasteiger partial charge in [0.25, 0.3) is 5.91 Å². The van der Waals surface area contributed by atoms with E-state index in [1.54, 1.807) is 6.07 Å². The van der Waals surface area contributed by atoms with E-state index in [1.165, 1.54) is 12.1 Å². The van der Waals surface area contributed by atoms with Gasteiger partial charge in [0.1, 0.15) is 5.75 Å². The Hall–Kier alpha value is -2.57. The van der Waals surface area contributed by atoms with Crippen LogP contribution in [-0.2, 0) is 14.4 Å². The normalized spacial score (nSPS) is 13.9. The molecule has 88 valence electrons. The van der Waals surface area contributed by atoms with Crippen LogP contribution in [-0.4, -0.2) is 24.3 Å². The average Bonchev–Trinajstić information content (AvgIpc) is 2.27. The monoisotopic (exact) mass is 235 g/mol. The number of imide groups is 1. The molecule has 7 nitrogen and oxygen atoms in total. The first-order valence-corrected chi connectivity index (χ1v) is 4.69. The Morgan fingerprint density at radius 1 is 1.35 bits per heavy atom. The lowest BCUT2D eigenvalue weighted by atomic mass is 10.2. The number of hydrogen-bond acceptors (Lipinski definition) is 5. The summed E-state index contributed by atoms with van der Waals surface area (Å²) in [4.78, 5) is 34.6. The number of ether oxygens (including phenoxy) is 1. The fraction of sp³-hybridized carbons (Fsp3) is 0.100. The zero-order valence-corrected chi connectivity index (χ0v) is 8.67. The summed E-state index contributed by atoms with van der Waals surface area (Å²) in [5, 5.41) is 0. The number of anilines is 2. The highest BCUT2D eigenvalue weighted by Crippen LogP contribution is 2.33. The lowest BCUT2D eigenvalue weighted by Crippen LogP contribution is -2.48. The highest BCUT2D eigenvalue weighted by Gasteiger charge is 2.33. The maximum absolute atomic E-state index is 11.5. The van der Waals surface area contributed by atoms with E-state index in [0.717, 1.165) is 0 Å². The Morgan fingerprint density at radius 3 is 2.71 bits per heavy atom. The molecule has 0 fully saturated rings. The first kappa shape index (κ1) is 10.9. The molecule has 0 saturated heterocycles. The molecule has 0 atom stereocenters. The van der Waals surface area contributed by atoms with Crippen molar-refractivity contribution in [2.45, 2.75) is 0 Å². The number of carbonyl (C=O) groups excluding carboxylic acids is 3. The van der Waals surface area contributed by atoms with Gasteiger partial charge in [0.15, 0.2) is 6.61 Å². The van der Waals surface area contributed by atoms with Crippen LogP contribution in [0.5, 0.6) is 5.75 Å². The van der Waals surface area contributed by atoms with Gasteiger partial charge in [-0.1, -0.05) is 0 Å². The second-order valence-corrected chi connectivity index (χ2v) is 3.41. The molecule has 0 saturated carbocycles.